The molecule has 1 unspecified atom stereocenters. The largest absolute Gasteiger partial charge is 0.347 e. The van der Waals surface area contributed by atoms with Crippen LogP contribution in [0.25, 0.3) is 0 Å². The molecule has 7 heteroatoms. The number of hydrogen-bond donors (Lipinski definition) is 2. The van der Waals surface area contributed by atoms with Crippen LogP contribution in [0.4, 0.5) is 5.69 Å². The van der Waals surface area contributed by atoms with Gasteiger partial charge in [-0.05, 0) is 62.0 Å². The molecule has 0 spiro atoms. The van der Waals surface area contributed by atoms with Crippen molar-refractivity contribution in [3.63, 3.8) is 0 Å². The smallest absolute Gasteiger partial charge is 0.231 e. The molecule has 2 fully saturated rings. The summed E-state index contributed by atoms with van der Waals surface area (Å²) in [5.74, 6) is 0.0550. The average Bonchev–Trinajstić information content (AvgIpc) is 3.37. The van der Waals surface area contributed by atoms with Crippen LogP contribution in [-0.2, 0) is 20.2 Å². The van der Waals surface area contributed by atoms with E-state index in [4.69, 9.17) is 0 Å². The minimum Gasteiger partial charge on any atom is -0.347 e. The van der Waals surface area contributed by atoms with Crippen molar-refractivity contribution < 1.29 is 13.2 Å². The van der Waals surface area contributed by atoms with Crippen LogP contribution < -0.4 is 10.0 Å². The maximum Gasteiger partial charge on any atom is 0.231 e. The van der Waals surface area contributed by atoms with Crippen molar-refractivity contribution in [3.05, 3.63) is 65.7 Å². The van der Waals surface area contributed by atoms with Crippen LogP contribution >= 0.6 is 0 Å². The van der Waals surface area contributed by atoms with Crippen LogP contribution in [-0.4, -0.2) is 45.1 Å². The van der Waals surface area contributed by atoms with Crippen molar-refractivity contribution in [1.82, 2.24) is 10.2 Å². The minimum atomic E-state index is -3.32. The van der Waals surface area contributed by atoms with Crippen molar-refractivity contribution >= 4 is 21.6 Å². The molecule has 2 N–H and O–H groups in total. The summed E-state index contributed by atoms with van der Waals surface area (Å²) in [6.45, 7) is 2.99. The zero-order valence-corrected chi connectivity index (χ0v) is 18.1. The van der Waals surface area contributed by atoms with Crippen molar-refractivity contribution in [2.45, 2.75) is 37.1 Å². The lowest BCUT2D eigenvalue weighted by Gasteiger charge is -2.27. The van der Waals surface area contributed by atoms with Crippen LogP contribution in [0.5, 0.6) is 0 Å². The summed E-state index contributed by atoms with van der Waals surface area (Å²) in [5, 5.41) is 3.32. The molecule has 6 nitrogen and oxygen atoms in total. The molecule has 2 aromatic rings. The van der Waals surface area contributed by atoms with Crippen molar-refractivity contribution in [2.75, 3.05) is 30.6 Å². The summed E-state index contributed by atoms with van der Waals surface area (Å²) in [5.41, 5.74) is 2.06. The van der Waals surface area contributed by atoms with E-state index < -0.39 is 15.4 Å². The van der Waals surface area contributed by atoms with Crippen LogP contribution in [0.1, 0.15) is 42.9 Å². The van der Waals surface area contributed by atoms with Crippen molar-refractivity contribution in [3.8, 4) is 0 Å². The Kier molecular flexibility index (Phi) is 5.84. The maximum atomic E-state index is 13.4. The number of carbonyl (C=O) groups is 1. The number of nitrogens with one attached hydrogen (secondary N) is 2. The Hall–Kier alpha value is -2.38. The number of hydrogen-bond acceptors (Lipinski definition) is 4. The predicted molar refractivity (Wildman–Crippen MR) is 119 cm³/mol. The highest BCUT2D eigenvalue weighted by molar-refractivity contribution is 7.92. The molecule has 2 aromatic carbocycles. The molecule has 1 saturated carbocycles. The first-order valence-electron chi connectivity index (χ1n) is 10.5. The Bertz CT molecular complexity index is 980. The van der Waals surface area contributed by atoms with Gasteiger partial charge in [-0.15, -0.1) is 0 Å². The SMILES string of the molecule is CS(=O)(=O)Nc1ccc(C2(C(=O)NC(CN3CCCC3)c3ccccc3)CC2)cc1. The molecule has 1 aliphatic heterocycles. The quantitative estimate of drug-likeness (QED) is 0.679. The highest BCUT2D eigenvalue weighted by Crippen LogP contribution is 2.49. The Labute approximate surface area is 178 Å². The number of nitrogens with zero attached hydrogens (tertiary/aromatic N) is 1. The van der Waals surface area contributed by atoms with E-state index in [-0.39, 0.29) is 11.9 Å². The number of benzene rings is 2. The Morgan fingerprint density at radius 2 is 1.67 bits per heavy atom. The molecule has 1 aliphatic carbocycles. The van der Waals surface area contributed by atoms with E-state index >= 15 is 0 Å². The maximum absolute atomic E-state index is 13.4. The summed E-state index contributed by atoms with van der Waals surface area (Å²) in [7, 11) is -3.32. The van der Waals surface area contributed by atoms with E-state index in [9.17, 15) is 13.2 Å². The van der Waals surface area contributed by atoms with E-state index in [2.05, 4.69) is 27.1 Å². The highest BCUT2D eigenvalue weighted by Gasteiger charge is 2.51. The third-order valence-corrected chi connectivity index (χ3v) is 6.68. The Morgan fingerprint density at radius 1 is 1.03 bits per heavy atom. The lowest BCUT2D eigenvalue weighted by molar-refractivity contribution is -0.124. The zero-order valence-electron chi connectivity index (χ0n) is 17.3. The highest BCUT2D eigenvalue weighted by atomic mass is 32.2. The van der Waals surface area contributed by atoms with E-state index in [1.807, 2.05) is 30.3 Å². The van der Waals surface area contributed by atoms with E-state index in [0.29, 0.717) is 5.69 Å². The second-order valence-electron chi connectivity index (χ2n) is 8.48. The molecule has 1 saturated heterocycles. The van der Waals surface area contributed by atoms with Crippen LogP contribution in [0.15, 0.2) is 54.6 Å². The number of likely N-dealkylation sites (tertiary alicyclic amines) is 1. The average molecular weight is 428 g/mol. The second-order valence-corrected chi connectivity index (χ2v) is 10.2. The van der Waals surface area contributed by atoms with Crippen LogP contribution in [0, 0.1) is 0 Å². The van der Waals surface area contributed by atoms with Gasteiger partial charge in [-0.3, -0.25) is 9.52 Å². The Morgan fingerprint density at radius 3 is 2.23 bits per heavy atom. The molecule has 160 valence electrons. The molecule has 1 heterocycles. The van der Waals surface area contributed by atoms with Gasteiger partial charge in [-0.25, -0.2) is 8.42 Å². The van der Waals surface area contributed by atoms with Gasteiger partial charge in [-0.1, -0.05) is 42.5 Å². The third-order valence-electron chi connectivity index (χ3n) is 6.07. The summed E-state index contributed by atoms with van der Waals surface area (Å²) in [6.07, 6.45) is 5.17. The van der Waals surface area contributed by atoms with Gasteiger partial charge in [0.25, 0.3) is 0 Å². The summed E-state index contributed by atoms with van der Waals surface area (Å²) in [4.78, 5) is 15.8. The fourth-order valence-corrected chi connectivity index (χ4v) is 4.85. The first-order chi connectivity index (χ1) is 14.4. The minimum absolute atomic E-state index is 0.0413. The number of sulfonamides is 1. The summed E-state index contributed by atoms with van der Waals surface area (Å²) >= 11 is 0. The molecule has 4 rings (SSSR count). The zero-order chi connectivity index (χ0) is 21.2. The topological polar surface area (TPSA) is 78.5 Å². The number of anilines is 1. The van der Waals surface area contributed by atoms with Crippen molar-refractivity contribution in [1.29, 1.82) is 0 Å². The standard InChI is InChI=1S/C23H29N3O3S/c1-30(28,29)25-20-11-9-19(10-12-20)23(13-14-23)22(27)24-21(17-26-15-5-6-16-26)18-7-3-2-4-8-18/h2-4,7-12,21,25H,5-6,13-17H2,1H3,(H,24,27). The number of amides is 1. The molecule has 1 amide bonds. The number of rotatable bonds is 8. The summed E-state index contributed by atoms with van der Waals surface area (Å²) < 4.78 is 25.3. The predicted octanol–water partition coefficient (Wildman–Crippen LogP) is 3.04. The van der Waals surface area contributed by atoms with Gasteiger partial charge in [0.15, 0.2) is 0 Å². The molecule has 1 atom stereocenters. The van der Waals surface area contributed by atoms with Gasteiger partial charge >= 0.3 is 0 Å². The van der Waals surface area contributed by atoms with E-state index in [1.165, 1.54) is 12.8 Å². The van der Waals surface area contributed by atoms with Crippen LogP contribution in [0.3, 0.4) is 0 Å². The molecular formula is C23H29N3O3S. The first-order valence-corrected chi connectivity index (χ1v) is 12.4. The van der Waals surface area contributed by atoms with E-state index in [1.54, 1.807) is 12.1 Å². The molecular weight excluding hydrogens is 398 g/mol. The van der Waals surface area contributed by atoms with Gasteiger partial charge in [-0.2, -0.15) is 0 Å². The fourth-order valence-electron chi connectivity index (χ4n) is 4.28. The molecule has 0 radical (unpaired) electrons. The van der Waals surface area contributed by atoms with E-state index in [0.717, 1.165) is 49.9 Å². The molecule has 0 bridgehead atoms. The summed E-state index contributed by atoms with van der Waals surface area (Å²) in [6, 6.07) is 17.3. The van der Waals surface area contributed by atoms with Gasteiger partial charge in [0.1, 0.15) is 0 Å². The lowest BCUT2D eigenvalue weighted by Crippen LogP contribution is -2.41. The monoisotopic (exact) mass is 427 g/mol. The van der Waals surface area contributed by atoms with Crippen molar-refractivity contribution in [2.24, 2.45) is 0 Å². The number of carbonyl (C=O) groups excluding carboxylic acids is 1. The normalized spacial score (nSPS) is 19.2. The third kappa shape index (κ3) is 4.84. The molecule has 30 heavy (non-hydrogen) atoms. The van der Waals surface area contributed by atoms with Gasteiger partial charge < -0.3 is 10.2 Å². The fraction of sp³-hybridized carbons (Fsp3) is 0.435. The first kappa shape index (κ1) is 20.9. The van der Waals surface area contributed by atoms with Gasteiger partial charge in [0.05, 0.1) is 17.7 Å². The van der Waals surface area contributed by atoms with Crippen LogP contribution in [0.2, 0.25) is 0 Å². The Balaban J connectivity index is 1.50. The second kappa shape index (κ2) is 8.40. The molecule has 2 aliphatic rings. The van der Waals surface area contributed by atoms with Gasteiger partial charge in [0.2, 0.25) is 15.9 Å². The molecule has 0 aromatic heterocycles. The lowest BCUT2D eigenvalue weighted by atomic mass is 9.93. The van der Waals surface area contributed by atoms with Gasteiger partial charge in [0, 0.05) is 12.2 Å².